The average molecular weight is 331 g/mol. The van der Waals surface area contributed by atoms with Gasteiger partial charge in [0.2, 0.25) is 10.0 Å². The van der Waals surface area contributed by atoms with Crippen molar-refractivity contribution in [3.05, 3.63) is 46.3 Å². The van der Waals surface area contributed by atoms with E-state index in [1.54, 1.807) is 6.92 Å². The molecule has 21 heavy (non-hydrogen) atoms. The lowest BCUT2D eigenvalue weighted by Gasteiger charge is -2.10. The van der Waals surface area contributed by atoms with E-state index in [4.69, 9.17) is 21.2 Å². The molecule has 0 spiro atoms. The van der Waals surface area contributed by atoms with Gasteiger partial charge in [0, 0.05) is 6.07 Å². The number of nitrogens with zero attached hydrogens (tertiary/aromatic N) is 1. The summed E-state index contributed by atoms with van der Waals surface area (Å²) in [4.78, 5) is 11.1. The van der Waals surface area contributed by atoms with Crippen LogP contribution in [-0.4, -0.2) is 24.7 Å². The Bertz CT molecular complexity index is 785. The number of aryl methyl sites for hydroxylation is 1. The number of carboxylic acid groups (broad SMARTS) is 1. The zero-order valence-corrected chi connectivity index (χ0v) is 12.4. The Morgan fingerprint density at radius 1 is 1.48 bits per heavy atom. The number of sulfonamides is 1. The van der Waals surface area contributed by atoms with E-state index >= 15 is 0 Å². The molecule has 0 bridgehead atoms. The largest absolute Gasteiger partial charge is 0.478 e. The van der Waals surface area contributed by atoms with Gasteiger partial charge in [-0.3, -0.25) is 4.72 Å². The number of carboxylic acids is 1. The number of hydrogen-bond acceptors (Lipinski definition) is 5. The van der Waals surface area contributed by atoms with Gasteiger partial charge in [-0.25, -0.2) is 13.2 Å². The number of aromatic carboxylic acids is 1. The molecule has 0 unspecified atom stereocenters. The molecule has 0 amide bonds. The molecule has 0 atom stereocenters. The van der Waals surface area contributed by atoms with Crippen molar-refractivity contribution >= 4 is 33.3 Å². The minimum atomic E-state index is -3.84. The molecule has 0 fully saturated rings. The Kier molecular flexibility index (Phi) is 4.19. The maximum Gasteiger partial charge on any atom is 0.339 e. The first-order chi connectivity index (χ1) is 9.78. The molecule has 2 aromatic rings. The number of benzene rings is 1. The summed E-state index contributed by atoms with van der Waals surface area (Å²) in [5, 5.41) is 12.6. The Hall–Kier alpha value is -2.06. The van der Waals surface area contributed by atoms with E-state index in [0.29, 0.717) is 5.76 Å². The van der Waals surface area contributed by atoms with E-state index in [1.165, 1.54) is 24.3 Å². The SMILES string of the molecule is Cc1cc(CS(=O)(=O)Nc2cccc(Cl)c2C(=O)O)no1. The number of carbonyl (C=O) groups is 1. The first-order valence-electron chi connectivity index (χ1n) is 5.73. The van der Waals surface area contributed by atoms with Crippen LogP contribution in [0.3, 0.4) is 0 Å². The number of rotatable bonds is 5. The van der Waals surface area contributed by atoms with E-state index in [0.717, 1.165) is 0 Å². The lowest BCUT2D eigenvalue weighted by Crippen LogP contribution is -2.17. The van der Waals surface area contributed by atoms with Crippen molar-refractivity contribution in [2.24, 2.45) is 0 Å². The van der Waals surface area contributed by atoms with Gasteiger partial charge in [0.25, 0.3) is 0 Å². The van der Waals surface area contributed by atoms with Crippen LogP contribution in [0.5, 0.6) is 0 Å². The molecule has 0 aliphatic heterocycles. The van der Waals surface area contributed by atoms with Crippen LogP contribution in [0.2, 0.25) is 5.02 Å². The fourth-order valence-corrected chi connectivity index (χ4v) is 3.07. The first kappa shape index (κ1) is 15.3. The zero-order valence-electron chi connectivity index (χ0n) is 10.8. The quantitative estimate of drug-likeness (QED) is 0.870. The van der Waals surface area contributed by atoms with Gasteiger partial charge in [0.1, 0.15) is 22.8 Å². The van der Waals surface area contributed by atoms with Crippen LogP contribution in [0, 0.1) is 6.92 Å². The Morgan fingerprint density at radius 3 is 2.76 bits per heavy atom. The molecule has 0 aliphatic rings. The summed E-state index contributed by atoms with van der Waals surface area (Å²) in [7, 11) is -3.84. The summed E-state index contributed by atoms with van der Waals surface area (Å²) in [6.07, 6.45) is 0. The van der Waals surface area contributed by atoms with E-state index < -0.39 is 21.7 Å². The van der Waals surface area contributed by atoms with Crippen LogP contribution in [0.4, 0.5) is 5.69 Å². The lowest BCUT2D eigenvalue weighted by atomic mass is 10.2. The number of aromatic nitrogens is 1. The summed E-state index contributed by atoms with van der Waals surface area (Å²) < 4.78 is 31.0. The van der Waals surface area contributed by atoms with Crippen LogP contribution in [0.15, 0.2) is 28.8 Å². The Labute approximate surface area is 125 Å². The monoisotopic (exact) mass is 330 g/mol. The van der Waals surface area contributed by atoms with Gasteiger partial charge >= 0.3 is 5.97 Å². The molecule has 1 aromatic heterocycles. The average Bonchev–Trinajstić information content (AvgIpc) is 2.72. The summed E-state index contributed by atoms with van der Waals surface area (Å²) >= 11 is 5.77. The highest BCUT2D eigenvalue weighted by Crippen LogP contribution is 2.25. The second kappa shape index (κ2) is 5.74. The third-order valence-electron chi connectivity index (χ3n) is 2.51. The minimum Gasteiger partial charge on any atom is -0.478 e. The van der Waals surface area contributed by atoms with Crippen LogP contribution in [-0.2, 0) is 15.8 Å². The van der Waals surface area contributed by atoms with Gasteiger partial charge in [-0.2, -0.15) is 0 Å². The van der Waals surface area contributed by atoms with Crippen molar-refractivity contribution in [3.63, 3.8) is 0 Å². The molecule has 1 heterocycles. The predicted octanol–water partition coefficient (Wildman–Crippen LogP) is 2.28. The molecule has 1 aromatic carbocycles. The molecule has 2 rings (SSSR count). The summed E-state index contributed by atoms with van der Waals surface area (Å²) in [6.45, 7) is 1.63. The number of nitrogens with one attached hydrogen (secondary N) is 1. The summed E-state index contributed by atoms with van der Waals surface area (Å²) in [5.74, 6) is -1.28. The van der Waals surface area contributed by atoms with E-state index in [1.807, 2.05) is 0 Å². The lowest BCUT2D eigenvalue weighted by molar-refractivity contribution is 0.0698. The number of anilines is 1. The zero-order chi connectivity index (χ0) is 15.6. The van der Waals surface area contributed by atoms with Gasteiger partial charge < -0.3 is 9.63 Å². The van der Waals surface area contributed by atoms with Gasteiger partial charge in [-0.1, -0.05) is 22.8 Å². The molecule has 9 heteroatoms. The van der Waals surface area contributed by atoms with Crippen LogP contribution < -0.4 is 4.72 Å². The van der Waals surface area contributed by atoms with Crippen molar-refractivity contribution in [2.45, 2.75) is 12.7 Å². The van der Waals surface area contributed by atoms with Crippen molar-refractivity contribution in [1.29, 1.82) is 0 Å². The summed E-state index contributed by atoms with van der Waals surface area (Å²) in [6, 6.07) is 5.62. The molecule has 0 radical (unpaired) electrons. The second-order valence-corrected chi connectivity index (χ2v) is 6.39. The van der Waals surface area contributed by atoms with Crippen molar-refractivity contribution in [1.82, 2.24) is 5.16 Å². The highest BCUT2D eigenvalue weighted by Gasteiger charge is 2.20. The van der Waals surface area contributed by atoms with E-state index in [2.05, 4.69) is 9.88 Å². The van der Waals surface area contributed by atoms with E-state index in [9.17, 15) is 13.2 Å². The number of hydrogen-bond donors (Lipinski definition) is 2. The third kappa shape index (κ3) is 3.73. The van der Waals surface area contributed by atoms with Crippen molar-refractivity contribution in [2.75, 3.05) is 4.72 Å². The molecule has 0 aliphatic carbocycles. The molecule has 2 N–H and O–H groups in total. The number of halogens is 1. The van der Waals surface area contributed by atoms with E-state index in [-0.39, 0.29) is 22.0 Å². The Morgan fingerprint density at radius 2 is 2.19 bits per heavy atom. The van der Waals surface area contributed by atoms with Gasteiger partial charge in [-0.15, -0.1) is 0 Å². The third-order valence-corrected chi connectivity index (χ3v) is 4.03. The molecule has 7 nitrogen and oxygen atoms in total. The normalized spacial score (nSPS) is 11.3. The van der Waals surface area contributed by atoms with Crippen molar-refractivity contribution < 1.29 is 22.8 Å². The molecular weight excluding hydrogens is 320 g/mol. The van der Waals surface area contributed by atoms with Crippen molar-refractivity contribution in [3.8, 4) is 0 Å². The molecule has 0 saturated heterocycles. The van der Waals surface area contributed by atoms with Crippen LogP contribution in [0.1, 0.15) is 21.8 Å². The van der Waals surface area contributed by atoms with Gasteiger partial charge in [0.05, 0.1) is 10.7 Å². The standard InChI is InChI=1S/C12H11ClN2O5S/c1-7-5-8(14-20-7)6-21(18,19)15-10-4-2-3-9(13)11(10)12(16)17/h2-5,15H,6H2,1H3,(H,16,17). The smallest absolute Gasteiger partial charge is 0.339 e. The highest BCUT2D eigenvalue weighted by atomic mass is 35.5. The highest BCUT2D eigenvalue weighted by molar-refractivity contribution is 7.91. The van der Waals surface area contributed by atoms with Crippen LogP contribution in [0.25, 0.3) is 0 Å². The topological polar surface area (TPSA) is 110 Å². The maximum atomic E-state index is 12.0. The van der Waals surface area contributed by atoms with Gasteiger partial charge in [0.15, 0.2) is 0 Å². The fraction of sp³-hybridized carbons (Fsp3) is 0.167. The fourth-order valence-electron chi connectivity index (χ4n) is 1.71. The minimum absolute atomic E-state index is 0.0556. The van der Waals surface area contributed by atoms with Gasteiger partial charge in [-0.05, 0) is 19.1 Å². The molecule has 0 saturated carbocycles. The molecular formula is C12H11ClN2O5S. The molecule has 112 valence electrons. The first-order valence-corrected chi connectivity index (χ1v) is 7.76. The summed E-state index contributed by atoms with van der Waals surface area (Å²) in [5.41, 5.74) is -0.187. The van der Waals surface area contributed by atoms with Crippen LogP contribution >= 0.6 is 11.6 Å². The second-order valence-electron chi connectivity index (χ2n) is 4.26. The predicted molar refractivity (Wildman–Crippen MR) is 75.9 cm³/mol. The Balaban J connectivity index is 2.29. The maximum absolute atomic E-state index is 12.0.